The topological polar surface area (TPSA) is 111 Å². The number of amides is 1. The third-order valence-electron chi connectivity index (χ3n) is 6.40. The molecule has 0 spiro atoms. The fraction of sp³-hybridized carbons (Fsp3) is 0.292. The number of carbonyl (C=O) groups is 1. The van der Waals surface area contributed by atoms with E-state index in [2.05, 4.69) is 26.9 Å². The first kappa shape index (κ1) is 21.1. The number of hydrogen-bond donors (Lipinski definition) is 3. The summed E-state index contributed by atoms with van der Waals surface area (Å²) in [5, 5.41) is 0.151. The number of halogens is 1. The third kappa shape index (κ3) is 3.64. The zero-order valence-electron chi connectivity index (χ0n) is 18.5. The highest BCUT2D eigenvalue weighted by Gasteiger charge is 2.27. The molecule has 3 heterocycles. The molecule has 1 fully saturated rings. The number of benzene rings is 2. The van der Waals surface area contributed by atoms with E-state index in [0.717, 1.165) is 31.6 Å². The van der Waals surface area contributed by atoms with E-state index < -0.39 is 11.4 Å². The second-order valence-corrected chi connectivity index (χ2v) is 8.62. The molecular formula is C24H25FN6O2. The van der Waals surface area contributed by atoms with Crippen molar-refractivity contribution in [1.29, 1.82) is 0 Å². The first-order valence-corrected chi connectivity index (χ1v) is 10.9. The van der Waals surface area contributed by atoms with Crippen molar-refractivity contribution in [1.82, 2.24) is 19.9 Å². The molecule has 0 atom stereocenters. The Labute approximate surface area is 189 Å². The number of imidazole rings is 1. The minimum atomic E-state index is -0.517. The lowest BCUT2D eigenvalue weighted by Gasteiger charge is -2.36. The maximum absolute atomic E-state index is 14.4. The van der Waals surface area contributed by atoms with Crippen molar-refractivity contribution in [2.75, 3.05) is 30.8 Å². The number of H-pyrrole nitrogens is 2. The Kier molecular flexibility index (Phi) is 5.13. The van der Waals surface area contributed by atoms with Crippen LogP contribution in [0.5, 0.6) is 0 Å². The summed E-state index contributed by atoms with van der Waals surface area (Å²) < 4.78 is 14.4. The van der Waals surface area contributed by atoms with Gasteiger partial charge in [0, 0.05) is 18.7 Å². The molecule has 33 heavy (non-hydrogen) atoms. The van der Waals surface area contributed by atoms with E-state index in [9.17, 15) is 14.0 Å². The molecular weight excluding hydrogens is 423 g/mol. The van der Waals surface area contributed by atoms with Gasteiger partial charge in [0.15, 0.2) is 0 Å². The van der Waals surface area contributed by atoms with E-state index in [1.54, 1.807) is 13.0 Å². The quantitative estimate of drug-likeness (QED) is 0.446. The average Bonchev–Trinajstić information content (AvgIpc) is 3.17. The first-order valence-electron chi connectivity index (χ1n) is 10.9. The lowest BCUT2D eigenvalue weighted by atomic mass is 10.0. The number of nitrogens with one attached hydrogen (secondary N) is 2. The molecule has 1 saturated heterocycles. The number of likely N-dealkylation sites (tertiary alicyclic amines) is 1. The van der Waals surface area contributed by atoms with Crippen LogP contribution in [0.2, 0.25) is 0 Å². The van der Waals surface area contributed by atoms with Gasteiger partial charge >= 0.3 is 0 Å². The number of pyridine rings is 1. The van der Waals surface area contributed by atoms with Gasteiger partial charge in [0.05, 0.1) is 27.6 Å². The summed E-state index contributed by atoms with van der Waals surface area (Å²) in [6, 6.07) is 10.1. The predicted molar refractivity (Wildman–Crippen MR) is 128 cm³/mol. The first-order chi connectivity index (χ1) is 15.8. The number of nitrogen functional groups attached to an aromatic ring is 1. The number of hydrogen-bond acceptors (Lipinski definition) is 5. The van der Waals surface area contributed by atoms with Crippen LogP contribution in [0.4, 0.5) is 15.8 Å². The Balaban J connectivity index is 1.59. The molecule has 0 unspecified atom stereocenters. The van der Waals surface area contributed by atoms with Gasteiger partial charge in [0.25, 0.3) is 5.56 Å². The van der Waals surface area contributed by atoms with Crippen LogP contribution in [0.3, 0.4) is 0 Å². The highest BCUT2D eigenvalue weighted by Crippen LogP contribution is 2.31. The number of aromatic amines is 2. The summed E-state index contributed by atoms with van der Waals surface area (Å²) >= 11 is 0. The minimum absolute atomic E-state index is 0.0191. The van der Waals surface area contributed by atoms with Crippen LogP contribution in [0.15, 0.2) is 41.2 Å². The predicted octanol–water partition coefficient (Wildman–Crippen LogP) is 3.24. The minimum Gasteiger partial charge on any atom is -0.397 e. The molecule has 0 saturated carbocycles. The molecule has 4 N–H and O–H groups in total. The van der Waals surface area contributed by atoms with E-state index in [4.69, 9.17) is 5.73 Å². The second-order valence-electron chi connectivity index (χ2n) is 8.62. The molecule has 9 heteroatoms. The molecule has 4 aromatic rings. The molecule has 0 radical (unpaired) electrons. The van der Waals surface area contributed by atoms with Crippen LogP contribution in [0, 0.1) is 5.82 Å². The molecule has 2 aromatic heterocycles. The maximum atomic E-state index is 14.4. The van der Waals surface area contributed by atoms with E-state index in [-0.39, 0.29) is 34.4 Å². The van der Waals surface area contributed by atoms with Crippen molar-refractivity contribution in [2.24, 2.45) is 0 Å². The Morgan fingerprint density at radius 2 is 1.94 bits per heavy atom. The number of nitrogens with two attached hydrogens (primary N) is 1. The van der Waals surface area contributed by atoms with Gasteiger partial charge in [0.1, 0.15) is 17.2 Å². The lowest BCUT2D eigenvalue weighted by molar-refractivity contribution is -0.117. The number of piperidine rings is 1. The van der Waals surface area contributed by atoms with Crippen LogP contribution in [0.1, 0.15) is 19.8 Å². The van der Waals surface area contributed by atoms with Crippen molar-refractivity contribution in [3.8, 4) is 11.4 Å². The van der Waals surface area contributed by atoms with Crippen LogP contribution in [-0.2, 0) is 4.79 Å². The van der Waals surface area contributed by atoms with Crippen molar-refractivity contribution in [2.45, 2.75) is 25.8 Å². The molecule has 2 aromatic carbocycles. The standard InChI is InChI=1S/C24H25FN6O2/c1-13(32)31(14-8-10-30(2)11-9-14)15-6-7-17-19(12-15)28-23(27-17)21-22(26)20-16(25)4-3-5-18(20)29-24(21)33/h3-7,12,14H,8-11H2,1-2H3,(H,27,28)(H3,26,29,33). The van der Waals surface area contributed by atoms with Crippen molar-refractivity contribution in [3.05, 3.63) is 52.6 Å². The summed E-state index contributed by atoms with van der Waals surface area (Å²) in [7, 11) is 2.08. The van der Waals surface area contributed by atoms with E-state index in [1.165, 1.54) is 12.1 Å². The summed E-state index contributed by atoms with van der Waals surface area (Å²) in [4.78, 5) is 39.7. The Morgan fingerprint density at radius 1 is 1.18 bits per heavy atom. The Morgan fingerprint density at radius 3 is 2.67 bits per heavy atom. The van der Waals surface area contributed by atoms with Gasteiger partial charge in [0.2, 0.25) is 5.91 Å². The highest BCUT2D eigenvalue weighted by atomic mass is 19.1. The number of carbonyl (C=O) groups excluding carboxylic acids is 1. The van der Waals surface area contributed by atoms with Gasteiger partial charge in [-0.1, -0.05) is 6.07 Å². The number of aromatic nitrogens is 3. The SMILES string of the molecule is CC(=O)N(c1ccc2nc(-c3c(N)c4c(F)cccc4[nH]c3=O)[nH]c2c1)C1CCN(C)CC1. The van der Waals surface area contributed by atoms with Crippen LogP contribution >= 0.6 is 0 Å². The molecule has 1 amide bonds. The van der Waals surface area contributed by atoms with Gasteiger partial charge in [-0.15, -0.1) is 0 Å². The zero-order chi connectivity index (χ0) is 23.3. The number of rotatable bonds is 3. The maximum Gasteiger partial charge on any atom is 0.261 e. The largest absolute Gasteiger partial charge is 0.397 e. The number of nitrogens with zero attached hydrogens (tertiary/aromatic N) is 3. The molecule has 1 aliphatic rings. The molecule has 0 bridgehead atoms. The normalized spacial score (nSPS) is 15.4. The Hall–Kier alpha value is -3.72. The Bertz CT molecular complexity index is 1430. The smallest absolute Gasteiger partial charge is 0.261 e. The van der Waals surface area contributed by atoms with Crippen LogP contribution in [-0.4, -0.2) is 51.9 Å². The van der Waals surface area contributed by atoms with Gasteiger partial charge in [-0.05, 0) is 63.3 Å². The second kappa shape index (κ2) is 8.00. The lowest BCUT2D eigenvalue weighted by Crippen LogP contribution is -2.46. The van der Waals surface area contributed by atoms with Crippen molar-refractivity contribution >= 4 is 39.2 Å². The van der Waals surface area contributed by atoms with Gasteiger partial charge in [-0.3, -0.25) is 9.59 Å². The zero-order valence-corrected chi connectivity index (χ0v) is 18.5. The summed E-state index contributed by atoms with van der Waals surface area (Å²) in [5.41, 5.74) is 8.26. The summed E-state index contributed by atoms with van der Waals surface area (Å²) in [5.74, 6) is -0.287. The molecule has 5 rings (SSSR count). The third-order valence-corrected chi connectivity index (χ3v) is 6.40. The van der Waals surface area contributed by atoms with Crippen LogP contribution < -0.4 is 16.2 Å². The van der Waals surface area contributed by atoms with E-state index in [1.807, 2.05) is 23.1 Å². The van der Waals surface area contributed by atoms with Gasteiger partial charge in [-0.25, -0.2) is 9.37 Å². The number of fused-ring (bicyclic) bond motifs is 2. The van der Waals surface area contributed by atoms with Crippen LogP contribution in [0.25, 0.3) is 33.3 Å². The molecule has 170 valence electrons. The summed E-state index contributed by atoms with van der Waals surface area (Å²) in [6.07, 6.45) is 1.80. The monoisotopic (exact) mass is 448 g/mol. The number of anilines is 2. The fourth-order valence-corrected chi connectivity index (χ4v) is 4.74. The molecule has 8 nitrogen and oxygen atoms in total. The highest BCUT2D eigenvalue weighted by molar-refractivity contribution is 5.99. The van der Waals surface area contributed by atoms with E-state index >= 15 is 0 Å². The molecule has 1 aliphatic heterocycles. The van der Waals surface area contributed by atoms with E-state index in [0.29, 0.717) is 16.6 Å². The average molecular weight is 449 g/mol. The van der Waals surface area contributed by atoms with Gasteiger partial charge in [-0.2, -0.15) is 0 Å². The van der Waals surface area contributed by atoms with Crippen molar-refractivity contribution in [3.63, 3.8) is 0 Å². The summed E-state index contributed by atoms with van der Waals surface area (Å²) in [6.45, 7) is 3.45. The fourth-order valence-electron chi connectivity index (χ4n) is 4.74. The van der Waals surface area contributed by atoms with Gasteiger partial charge < -0.3 is 25.5 Å². The van der Waals surface area contributed by atoms with Crippen molar-refractivity contribution < 1.29 is 9.18 Å². The molecule has 0 aliphatic carbocycles.